The SMILES string of the molecule is COc1cc(NS(C)(=O)=O)ccc1Oc1ccc(CN2CCC(N(C(=O)Nc3ccc(F)c(NC(C)=O)c3)c3ccccc3)CC2)cn1. The fraction of sp³-hybridized carbons (Fsp3) is 0.265. The zero-order chi connectivity index (χ0) is 34.3. The van der Waals surface area contributed by atoms with Crippen molar-refractivity contribution in [2.75, 3.05) is 46.7 Å². The first kappa shape index (κ1) is 34.1. The molecule has 1 aliphatic heterocycles. The van der Waals surface area contributed by atoms with Crippen LogP contribution in [0.5, 0.6) is 17.4 Å². The number of piperidine rings is 1. The summed E-state index contributed by atoms with van der Waals surface area (Å²) in [5.74, 6) is 0.0875. The Morgan fingerprint density at radius 2 is 1.69 bits per heavy atom. The number of pyridine rings is 1. The van der Waals surface area contributed by atoms with E-state index >= 15 is 0 Å². The minimum atomic E-state index is -3.44. The third kappa shape index (κ3) is 9.20. The highest BCUT2D eigenvalue weighted by atomic mass is 32.2. The molecule has 0 unspecified atom stereocenters. The van der Waals surface area contributed by atoms with Gasteiger partial charge in [0.2, 0.25) is 21.8 Å². The van der Waals surface area contributed by atoms with Crippen molar-refractivity contribution >= 4 is 44.7 Å². The predicted molar refractivity (Wildman–Crippen MR) is 183 cm³/mol. The number of rotatable bonds is 11. The van der Waals surface area contributed by atoms with Crippen LogP contribution < -0.4 is 29.7 Å². The standard InChI is InChI=1S/C34H37FN6O6S/c1-23(42)37-30-19-25(10-12-29(30)35)38-34(43)41(27-7-5-4-6-8-27)28-15-17-40(18-16-28)22-24-9-14-33(36-21-24)47-31-13-11-26(20-32(31)46-2)39-48(3,44)45/h4-14,19-21,28,39H,15-18,22H2,1-3H3,(H,37,42)(H,38,43). The molecule has 0 radical (unpaired) electrons. The van der Waals surface area contributed by atoms with Crippen LogP contribution >= 0.6 is 0 Å². The molecule has 0 aliphatic carbocycles. The summed E-state index contributed by atoms with van der Waals surface area (Å²) >= 11 is 0. The molecule has 4 aromatic rings. The summed E-state index contributed by atoms with van der Waals surface area (Å²) in [6.07, 6.45) is 4.26. The van der Waals surface area contributed by atoms with Gasteiger partial charge in [0.15, 0.2) is 11.5 Å². The van der Waals surface area contributed by atoms with E-state index in [0.29, 0.717) is 35.3 Å². The number of carbonyl (C=O) groups is 2. The first-order chi connectivity index (χ1) is 23.0. The molecule has 12 nitrogen and oxygen atoms in total. The number of anilines is 4. The average Bonchev–Trinajstić information content (AvgIpc) is 3.05. The van der Waals surface area contributed by atoms with E-state index < -0.39 is 21.7 Å². The van der Waals surface area contributed by atoms with Crippen LogP contribution in [0.3, 0.4) is 0 Å². The topological polar surface area (TPSA) is 142 Å². The van der Waals surface area contributed by atoms with Gasteiger partial charge in [-0.3, -0.25) is 19.3 Å². The number of methoxy groups -OCH3 is 1. The number of likely N-dealkylation sites (tertiary alicyclic amines) is 1. The van der Waals surface area contributed by atoms with Crippen molar-refractivity contribution in [3.05, 3.63) is 96.4 Å². The second-order valence-electron chi connectivity index (χ2n) is 11.4. The molecule has 0 spiro atoms. The Kier molecular flexibility index (Phi) is 10.8. The van der Waals surface area contributed by atoms with Crippen LogP contribution in [-0.4, -0.2) is 62.7 Å². The molecule has 3 aromatic carbocycles. The lowest BCUT2D eigenvalue weighted by atomic mass is 10.0. The number of para-hydroxylation sites is 1. The van der Waals surface area contributed by atoms with Crippen molar-refractivity contribution in [1.29, 1.82) is 0 Å². The fourth-order valence-electron chi connectivity index (χ4n) is 5.46. The first-order valence-electron chi connectivity index (χ1n) is 15.2. The van der Waals surface area contributed by atoms with Crippen LogP contribution in [0.15, 0.2) is 85.1 Å². The van der Waals surface area contributed by atoms with Gasteiger partial charge >= 0.3 is 6.03 Å². The minimum Gasteiger partial charge on any atom is -0.493 e. The van der Waals surface area contributed by atoms with Gasteiger partial charge in [-0.2, -0.15) is 0 Å². The van der Waals surface area contributed by atoms with E-state index in [-0.39, 0.29) is 17.8 Å². The Morgan fingerprint density at radius 1 is 0.958 bits per heavy atom. The molecule has 1 aromatic heterocycles. The Morgan fingerprint density at radius 3 is 2.33 bits per heavy atom. The summed E-state index contributed by atoms with van der Waals surface area (Å²) in [7, 11) is -1.97. The molecule has 252 valence electrons. The van der Waals surface area contributed by atoms with Crippen LogP contribution in [-0.2, 0) is 21.4 Å². The number of hydrogen-bond acceptors (Lipinski definition) is 8. The molecule has 0 saturated carbocycles. The number of halogens is 1. The van der Waals surface area contributed by atoms with Crippen LogP contribution in [0.2, 0.25) is 0 Å². The number of sulfonamides is 1. The Balaban J connectivity index is 1.20. The monoisotopic (exact) mass is 676 g/mol. The molecule has 1 fully saturated rings. The van der Waals surface area contributed by atoms with Crippen LogP contribution in [0.4, 0.5) is 31.9 Å². The molecule has 3 amide bonds. The molecule has 5 rings (SSSR count). The molecule has 2 heterocycles. The largest absolute Gasteiger partial charge is 0.493 e. The van der Waals surface area contributed by atoms with E-state index in [9.17, 15) is 22.4 Å². The molecule has 1 saturated heterocycles. The predicted octanol–water partition coefficient (Wildman–Crippen LogP) is 6.05. The van der Waals surface area contributed by atoms with E-state index in [1.807, 2.05) is 36.4 Å². The number of amides is 3. The van der Waals surface area contributed by atoms with E-state index in [0.717, 1.165) is 43.4 Å². The minimum absolute atomic E-state index is 0.00757. The molecular weight excluding hydrogens is 639 g/mol. The van der Waals surface area contributed by atoms with Crippen molar-refractivity contribution in [3.63, 3.8) is 0 Å². The van der Waals surface area contributed by atoms with Crippen molar-refractivity contribution < 1.29 is 31.9 Å². The van der Waals surface area contributed by atoms with Crippen molar-refractivity contribution in [3.8, 4) is 17.4 Å². The van der Waals surface area contributed by atoms with Crippen molar-refractivity contribution in [2.45, 2.75) is 32.4 Å². The van der Waals surface area contributed by atoms with Crippen LogP contribution in [0.25, 0.3) is 0 Å². The van der Waals surface area contributed by atoms with Crippen molar-refractivity contribution in [2.24, 2.45) is 0 Å². The Labute approximate surface area is 278 Å². The number of urea groups is 1. The number of nitrogens with zero attached hydrogens (tertiary/aromatic N) is 3. The summed E-state index contributed by atoms with van der Waals surface area (Å²) in [5, 5.41) is 5.31. The van der Waals surface area contributed by atoms with Gasteiger partial charge in [-0.25, -0.2) is 22.6 Å². The lowest BCUT2D eigenvalue weighted by molar-refractivity contribution is -0.114. The van der Waals surface area contributed by atoms with Gasteiger partial charge in [-0.05, 0) is 60.9 Å². The van der Waals surface area contributed by atoms with Gasteiger partial charge in [-0.1, -0.05) is 24.3 Å². The zero-order valence-corrected chi connectivity index (χ0v) is 27.6. The molecule has 3 N–H and O–H groups in total. The third-order valence-electron chi connectivity index (χ3n) is 7.59. The second-order valence-corrected chi connectivity index (χ2v) is 13.1. The molecule has 0 bridgehead atoms. The first-order valence-corrected chi connectivity index (χ1v) is 17.1. The summed E-state index contributed by atoms with van der Waals surface area (Å²) in [4.78, 5) is 33.6. The Bertz CT molecular complexity index is 1850. The molecule has 0 atom stereocenters. The smallest absolute Gasteiger partial charge is 0.326 e. The number of aromatic nitrogens is 1. The maximum Gasteiger partial charge on any atom is 0.326 e. The number of hydrogen-bond donors (Lipinski definition) is 3. The summed E-state index contributed by atoms with van der Waals surface area (Å²) in [6, 6.07) is 21.4. The van der Waals surface area contributed by atoms with E-state index in [2.05, 4.69) is 25.2 Å². The van der Waals surface area contributed by atoms with E-state index in [1.54, 1.807) is 29.3 Å². The molecule has 1 aliphatic rings. The maximum atomic E-state index is 14.2. The van der Waals surface area contributed by atoms with Gasteiger partial charge < -0.3 is 20.1 Å². The van der Waals surface area contributed by atoms with E-state index in [4.69, 9.17) is 9.47 Å². The lowest BCUT2D eigenvalue weighted by Crippen LogP contribution is -2.49. The molecular formula is C34H37FN6O6S. The van der Waals surface area contributed by atoms with E-state index in [1.165, 1.54) is 38.3 Å². The summed E-state index contributed by atoms with van der Waals surface area (Å²) in [5.41, 5.74) is 2.45. The maximum absolute atomic E-state index is 14.2. The van der Waals surface area contributed by atoms with Gasteiger partial charge in [0.25, 0.3) is 0 Å². The second kappa shape index (κ2) is 15.1. The number of ether oxygens (including phenoxy) is 2. The average molecular weight is 677 g/mol. The normalized spacial score (nSPS) is 13.8. The van der Waals surface area contributed by atoms with Gasteiger partial charge in [0, 0.05) is 62.3 Å². The highest BCUT2D eigenvalue weighted by Gasteiger charge is 2.29. The lowest BCUT2D eigenvalue weighted by Gasteiger charge is -2.38. The van der Waals surface area contributed by atoms with Crippen LogP contribution in [0, 0.1) is 5.82 Å². The summed E-state index contributed by atoms with van der Waals surface area (Å²) in [6.45, 7) is 3.44. The molecule has 14 heteroatoms. The number of nitrogens with one attached hydrogen (secondary N) is 3. The van der Waals surface area contributed by atoms with Gasteiger partial charge in [0.1, 0.15) is 5.82 Å². The van der Waals surface area contributed by atoms with Gasteiger partial charge in [0.05, 0.1) is 24.7 Å². The third-order valence-corrected chi connectivity index (χ3v) is 8.20. The fourth-order valence-corrected chi connectivity index (χ4v) is 6.01. The van der Waals surface area contributed by atoms with Crippen molar-refractivity contribution in [1.82, 2.24) is 9.88 Å². The number of benzene rings is 3. The highest BCUT2D eigenvalue weighted by molar-refractivity contribution is 7.92. The van der Waals surface area contributed by atoms with Gasteiger partial charge in [-0.15, -0.1) is 0 Å². The number of carbonyl (C=O) groups excluding carboxylic acids is 2. The zero-order valence-electron chi connectivity index (χ0n) is 26.8. The molecule has 48 heavy (non-hydrogen) atoms. The Hall–Kier alpha value is -5.21. The highest BCUT2D eigenvalue weighted by Crippen LogP contribution is 2.34. The van der Waals surface area contributed by atoms with Crippen LogP contribution in [0.1, 0.15) is 25.3 Å². The quantitative estimate of drug-likeness (QED) is 0.174. The summed E-state index contributed by atoms with van der Waals surface area (Å²) < 4.78 is 51.0.